The van der Waals surface area contributed by atoms with Gasteiger partial charge in [-0.1, -0.05) is 35.9 Å². The quantitative estimate of drug-likeness (QED) is 0.612. The van der Waals surface area contributed by atoms with Crippen molar-refractivity contribution < 1.29 is 9.59 Å². The van der Waals surface area contributed by atoms with Crippen LogP contribution >= 0.6 is 11.6 Å². The van der Waals surface area contributed by atoms with Gasteiger partial charge in [-0.3, -0.25) is 9.59 Å². The number of nitrogens with zero attached hydrogens (tertiary/aromatic N) is 3. The average molecular weight is 422 g/mol. The lowest BCUT2D eigenvalue weighted by Crippen LogP contribution is -2.47. The minimum atomic E-state index is -0.363. The number of aryl methyl sites for hydroxylation is 1. The van der Waals surface area contributed by atoms with Gasteiger partial charge in [0.2, 0.25) is 5.91 Å². The minimum Gasteiger partial charge on any atom is -0.340 e. The third kappa shape index (κ3) is 3.00. The maximum atomic E-state index is 13.3. The standard InChI is InChI=1S/C24H24ClN3O2/c1-26-20-8-3-2-5-17(20)15-21(26)22(29)27-12-9-24(10-13-27)11-14-28(23(24)30)19-7-4-6-18(25)16-19/h2-8,15-16H,9-14H2,1H3. The maximum absolute atomic E-state index is 13.3. The number of carbonyl (C=O) groups excluding carboxylic acids is 2. The third-order valence-electron chi connectivity index (χ3n) is 6.81. The molecule has 2 amide bonds. The van der Waals surface area contributed by atoms with Crippen molar-refractivity contribution in [2.45, 2.75) is 19.3 Å². The van der Waals surface area contributed by atoms with Crippen molar-refractivity contribution in [2.24, 2.45) is 12.5 Å². The monoisotopic (exact) mass is 421 g/mol. The zero-order valence-electron chi connectivity index (χ0n) is 17.0. The van der Waals surface area contributed by atoms with Crippen molar-refractivity contribution in [3.05, 3.63) is 65.3 Å². The van der Waals surface area contributed by atoms with Crippen molar-refractivity contribution in [2.75, 3.05) is 24.5 Å². The fourth-order valence-corrected chi connectivity index (χ4v) is 5.15. The fraction of sp³-hybridized carbons (Fsp3) is 0.333. The van der Waals surface area contributed by atoms with Crippen LogP contribution in [0, 0.1) is 5.41 Å². The van der Waals surface area contributed by atoms with Gasteiger partial charge >= 0.3 is 0 Å². The number of benzene rings is 2. The summed E-state index contributed by atoms with van der Waals surface area (Å²) in [7, 11) is 1.93. The minimum absolute atomic E-state index is 0.0423. The van der Waals surface area contributed by atoms with Gasteiger partial charge in [-0.15, -0.1) is 0 Å². The van der Waals surface area contributed by atoms with Crippen molar-refractivity contribution in [3.8, 4) is 0 Å². The fourth-order valence-electron chi connectivity index (χ4n) is 4.97. The molecule has 2 aliphatic rings. The molecule has 0 aliphatic carbocycles. The topological polar surface area (TPSA) is 45.6 Å². The van der Waals surface area contributed by atoms with E-state index in [0.29, 0.717) is 43.2 Å². The SMILES string of the molecule is Cn1c(C(=O)N2CCC3(CC2)CCN(c2cccc(Cl)c2)C3=O)cc2ccccc21. The highest BCUT2D eigenvalue weighted by molar-refractivity contribution is 6.31. The normalized spacial score (nSPS) is 18.5. The summed E-state index contributed by atoms with van der Waals surface area (Å²) in [6.45, 7) is 1.92. The smallest absolute Gasteiger partial charge is 0.270 e. The number of likely N-dealkylation sites (tertiary alicyclic amines) is 1. The van der Waals surface area contributed by atoms with Crippen LogP contribution in [0.1, 0.15) is 29.8 Å². The molecular weight excluding hydrogens is 398 g/mol. The Hall–Kier alpha value is -2.79. The molecule has 3 heterocycles. The van der Waals surface area contributed by atoms with Crippen LogP contribution in [0.15, 0.2) is 54.6 Å². The summed E-state index contributed by atoms with van der Waals surface area (Å²) in [5.74, 6) is 0.210. The highest BCUT2D eigenvalue weighted by atomic mass is 35.5. The molecule has 0 radical (unpaired) electrons. The number of piperidine rings is 1. The number of carbonyl (C=O) groups is 2. The van der Waals surface area contributed by atoms with Crippen LogP contribution < -0.4 is 4.90 Å². The highest BCUT2D eigenvalue weighted by Gasteiger charge is 2.49. The van der Waals surface area contributed by atoms with Gasteiger partial charge in [-0.25, -0.2) is 0 Å². The molecule has 1 spiro atoms. The van der Waals surface area contributed by atoms with Gasteiger partial charge in [-0.2, -0.15) is 0 Å². The largest absolute Gasteiger partial charge is 0.340 e. The molecule has 0 bridgehead atoms. The van der Waals surface area contributed by atoms with Crippen LogP contribution in [-0.4, -0.2) is 40.9 Å². The van der Waals surface area contributed by atoms with E-state index in [1.165, 1.54) is 0 Å². The van der Waals surface area contributed by atoms with E-state index in [4.69, 9.17) is 11.6 Å². The summed E-state index contributed by atoms with van der Waals surface area (Å²) in [5, 5.41) is 1.71. The number of fused-ring (bicyclic) bond motifs is 1. The van der Waals surface area contributed by atoms with Gasteiger partial charge in [0.25, 0.3) is 5.91 Å². The maximum Gasteiger partial charge on any atom is 0.270 e. The Balaban J connectivity index is 1.32. The predicted octanol–water partition coefficient (Wildman–Crippen LogP) is 4.49. The van der Waals surface area contributed by atoms with Crippen LogP contribution in [0.25, 0.3) is 10.9 Å². The lowest BCUT2D eigenvalue weighted by atomic mass is 9.77. The Morgan fingerprint density at radius 3 is 2.43 bits per heavy atom. The number of amides is 2. The van der Waals surface area contributed by atoms with Gasteiger partial charge < -0.3 is 14.4 Å². The summed E-state index contributed by atoms with van der Waals surface area (Å²) in [6, 6.07) is 17.5. The lowest BCUT2D eigenvalue weighted by molar-refractivity contribution is -0.127. The van der Waals surface area contributed by atoms with E-state index in [9.17, 15) is 9.59 Å². The van der Waals surface area contributed by atoms with Crippen molar-refractivity contribution in [3.63, 3.8) is 0 Å². The lowest BCUT2D eigenvalue weighted by Gasteiger charge is -2.38. The molecule has 2 aliphatic heterocycles. The van der Waals surface area contributed by atoms with Crippen molar-refractivity contribution >= 4 is 40.0 Å². The molecular formula is C24H24ClN3O2. The molecule has 5 nitrogen and oxygen atoms in total. The number of anilines is 1. The number of hydrogen-bond acceptors (Lipinski definition) is 2. The Morgan fingerprint density at radius 2 is 1.70 bits per heavy atom. The van der Waals surface area contributed by atoms with E-state index in [1.807, 2.05) is 76.0 Å². The first-order valence-electron chi connectivity index (χ1n) is 10.4. The van der Waals surface area contributed by atoms with Crippen LogP contribution in [0.4, 0.5) is 5.69 Å². The number of hydrogen-bond donors (Lipinski definition) is 0. The Bertz CT molecular complexity index is 1140. The van der Waals surface area contributed by atoms with Gasteiger partial charge in [-0.05, 0) is 49.6 Å². The third-order valence-corrected chi connectivity index (χ3v) is 7.05. The van der Waals surface area contributed by atoms with E-state index in [1.54, 1.807) is 0 Å². The summed E-state index contributed by atoms with van der Waals surface area (Å²) < 4.78 is 1.96. The number of para-hydroxylation sites is 1. The molecule has 0 atom stereocenters. The molecule has 1 aromatic heterocycles. The zero-order chi connectivity index (χ0) is 20.9. The van der Waals surface area contributed by atoms with Crippen LogP contribution in [-0.2, 0) is 11.8 Å². The number of aromatic nitrogens is 1. The van der Waals surface area contributed by atoms with Crippen LogP contribution in [0.2, 0.25) is 5.02 Å². The molecule has 3 aromatic rings. The van der Waals surface area contributed by atoms with Crippen LogP contribution in [0.3, 0.4) is 0 Å². The van der Waals surface area contributed by atoms with Crippen molar-refractivity contribution in [1.29, 1.82) is 0 Å². The molecule has 0 unspecified atom stereocenters. The second-order valence-corrected chi connectivity index (χ2v) is 8.84. The number of rotatable bonds is 2. The Morgan fingerprint density at radius 1 is 0.967 bits per heavy atom. The first kappa shape index (κ1) is 19.2. The average Bonchev–Trinajstić information content (AvgIpc) is 3.26. The molecule has 2 saturated heterocycles. The first-order chi connectivity index (χ1) is 14.5. The molecule has 2 aromatic carbocycles. The van der Waals surface area contributed by atoms with Crippen molar-refractivity contribution in [1.82, 2.24) is 9.47 Å². The van der Waals surface area contributed by atoms with Gasteiger partial charge in [0.1, 0.15) is 5.69 Å². The van der Waals surface area contributed by atoms with Gasteiger partial charge in [0, 0.05) is 48.3 Å². The second-order valence-electron chi connectivity index (χ2n) is 8.41. The number of halogens is 1. The van der Waals surface area contributed by atoms with Gasteiger partial charge in [0.15, 0.2) is 0 Å². The van der Waals surface area contributed by atoms with E-state index >= 15 is 0 Å². The molecule has 5 rings (SSSR count). The summed E-state index contributed by atoms with van der Waals surface area (Å²) >= 11 is 6.12. The zero-order valence-corrected chi connectivity index (χ0v) is 17.7. The Kier molecular flexibility index (Phi) is 4.58. The van der Waals surface area contributed by atoms with E-state index in [2.05, 4.69) is 0 Å². The van der Waals surface area contributed by atoms with E-state index in [-0.39, 0.29) is 17.2 Å². The Labute approximate surface area is 180 Å². The molecule has 154 valence electrons. The summed E-state index contributed by atoms with van der Waals surface area (Å²) in [6.07, 6.45) is 2.24. The summed E-state index contributed by atoms with van der Waals surface area (Å²) in [5.41, 5.74) is 2.25. The van der Waals surface area contributed by atoms with E-state index in [0.717, 1.165) is 23.0 Å². The summed E-state index contributed by atoms with van der Waals surface area (Å²) in [4.78, 5) is 30.2. The van der Waals surface area contributed by atoms with Crippen LogP contribution in [0.5, 0.6) is 0 Å². The molecule has 6 heteroatoms. The molecule has 0 N–H and O–H groups in total. The highest BCUT2D eigenvalue weighted by Crippen LogP contribution is 2.43. The second kappa shape index (κ2) is 7.17. The predicted molar refractivity (Wildman–Crippen MR) is 119 cm³/mol. The molecule has 2 fully saturated rings. The van der Waals surface area contributed by atoms with Gasteiger partial charge in [0.05, 0.1) is 5.41 Å². The molecule has 30 heavy (non-hydrogen) atoms. The molecule has 0 saturated carbocycles. The van der Waals surface area contributed by atoms with E-state index < -0.39 is 0 Å². The first-order valence-corrected chi connectivity index (χ1v) is 10.8.